The van der Waals surface area contributed by atoms with E-state index >= 15 is 0 Å². The number of nitrogens with one attached hydrogen (secondary N) is 2. The van der Waals surface area contributed by atoms with E-state index in [0.717, 1.165) is 0 Å². The van der Waals surface area contributed by atoms with E-state index in [0.29, 0.717) is 11.4 Å². The van der Waals surface area contributed by atoms with Crippen molar-refractivity contribution in [1.29, 1.82) is 0 Å². The topological polar surface area (TPSA) is 106 Å². The van der Waals surface area contributed by atoms with Gasteiger partial charge in [-0.15, -0.1) is 0 Å². The number of hydrogen-bond donors (Lipinski definition) is 2. The number of hydrogen-bond acceptors (Lipinski definition) is 6. The van der Waals surface area contributed by atoms with E-state index in [-0.39, 0.29) is 24.5 Å². The molecule has 0 bridgehead atoms. The number of ether oxygens (including phenoxy) is 2. The molecular weight excluding hydrogens is 302 g/mol. The second-order valence-corrected chi connectivity index (χ2v) is 4.86. The molecule has 2 N–H and O–H groups in total. The number of anilines is 1. The van der Waals surface area contributed by atoms with Gasteiger partial charge < -0.3 is 14.8 Å². The lowest BCUT2D eigenvalue weighted by Crippen LogP contribution is -2.35. The van der Waals surface area contributed by atoms with Gasteiger partial charge in [-0.1, -0.05) is 0 Å². The highest BCUT2D eigenvalue weighted by Gasteiger charge is 2.24. The van der Waals surface area contributed by atoms with E-state index in [2.05, 4.69) is 15.8 Å². The fourth-order valence-corrected chi connectivity index (χ4v) is 1.82. The van der Waals surface area contributed by atoms with Crippen LogP contribution < -0.4 is 15.5 Å². The van der Waals surface area contributed by atoms with Crippen LogP contribution in [0.25, 0.3) is 0 Å². The Morgan fingerprint density at radius 2 is 1.96 bits per heavy atom. The zero-order valence-electron chi connectivity index (χ0n) is 12.8. The van der Waals surface area contributed by atoms with Gasteiger partial charge in [0.2, 0.25) is 5.91 Å². The number of rotatable bonds is 5. The fraction of sp³-hybridized carbons (Fsp3) is 0.333. The molecule has 1 aliphatic rings. The van der Waals surface area contributed by atoms with Crippen molar-refractivity contribution in [3.8, 4) is 5.75 Å². The first-order valence-electron chi connectivity index (χ1n) is 7.01. The van der Waals surface area contributed by atoms with E-state index in [1.54, 1.807) is 31.4 Å². The Balaban J connectivity index is 1.89. The average molecular weight is 319 g/mol. The Bertz CT molecular complexity index is 639. The summed E-state index contributed by atoms with van der Waals surface area (Å²) in [5, 5.41) is 6.25. The maximum Gasteiger partial charge on any atom is 0.355 e. The van der Waals surface area contributed by atoms with Crippen molar-refractivity contribution < 1.29 is 23.9 Å². The van der Waals surface area contributed by atoms with Crippen LogP contribution in [0.1, 0.15) is 19.8 Å². The van der Waals surface area contributed by atoms with Crippen molar-refractivity contribution >= 4 is 29.2 Å². The van der Waals surface area contributed by atoms with Crippen molar-refractivity contribution in [2.75, 3.05) is 12.4 Å². The Morgan fingerprint density at radius 1 is 1.26 bits per heavy atom. The minimum atomic E-state index is -0.995. The number of esters is 1. The molecule has 0 unspecified atom stereocenters. The molecule has 8 heteroatoms. The van der Waals surface area contributed by atoms with Gasteiger partial charge in [0.25, 0.3) is 5.91 Å². The number of methoxy groups -OCH3 is 1. The third-order valence-corrected chi connectivity index (χ3v) is 3.15. The summed E-state index contributed by atoms with van der Waals surface area (Å²) in [5.41, 5.74) is 2.85. The van der Waals surface area contributed by atoms with Crippen LogP contribution in [0.15, 0.2) is 29.4 Å². The average Bonchev–Trinajstić information content (AvgIpc) is 2.56. The number of carbonyl (C=O) groups excluding carboxylic acids is 3. The standard InChI is InChI=1S/C15H17N3O5/c1-9(23-15(21)12-7-8-13(19)18-17-12)14(20)16-10-3-5-11(22-2)6-4-10/h3-6,9H,7-8H2,1-2H3,(H,16,20)(H,18,19)/t9-/m0/s1. The summed E-state index contributed by atoms with van der Waals surface area (Å²) in [6, 6.07) is 6.75. The monoisotopic (exact) mass is 319 g/mol. The maximum atomic E-state index is 12.0. The molecule has 23 heavy (non-hydrogen) atoms. The molecule has 2 amide bonds. The van der Waals surface area contributed by atoms with Crippen molar-refractivity contribution in [3.63, 3.8) is 0 Å². The van der Waals surface area contributed by atoms with Crippen molar-refractivity contribution in [1.82, 2.24) is 5.43 Å². The van der Waals surface area contributed by atoms with Gasteiger partial charge in [0.15, 0.2) is 6.10 Å². The van der Waals surface area contributed by atoms with E-state index < -0.39 is 18.0 Å². The minimum absolute atomic E-state index is 0.0914. The SMILES string of the molecule is COc1ccc(NC(=O)[C@H](C)OC(=O)C2=NNC(=O)CC2)cc1. The molecule has 1 aromatic carbocycles. The molecule has 0 aromatic heterocycles. The zero-order valence-corrected chi connectivity index (χ0v) is 12.8. The second-order valence-electron chi connectivity index (χ2n) is 4.86. The van der Waals surface area contributed by atoms with Crippen LogP contribution in [-0.2, 0) is 19.1 Å². The summed E-state index contributed by atoms with van der Waals surface area (Å²) in [6.07, 6.45) is -0.636. The molecule has 1 aliphatic heterocycles. The first-order chi connectivity index (χ1) is 11.0. The first kappa shape index (κ1) is 16.5. The summed E-state index contributed by atoms with van der Waals surface area (Å²) < 4.78 is 10.1. The van der Waals surface area contributed by atoms with Crippen molar-refractivity contribution in [2.24, 2.45) is 5.10 Å². The van der Waals surface area contributed by atoms with Crippen LogP contribution >= 0.6 is 0 Å². The molecule has 1 aromatic rings. The molecular formula is C15H17N3O5. The summed E-state index contributed by atoms with van der Waals surface area (Å²) >= 11 is 0. The zero-order chi connectivity index (χ0) is 16.8. The van der Waals surface area contributed by atoms with Gasteiger partial charge >= 0.3 is 5.97 Å². The van der Waals surface area contributed by atoms with Crippen LogP contribution in [0.3, 0.4) is 0 Å². The van der Waals surface area contributed by atoms with Crippen LogP contribution in [0, 0.1) is 0 Å². The molecule has 0 spiro atoms. The van der Waals surface area contributed by atoms with Crippen LogP contribution in [-0.4, -0.2) is 36.7 Å². The molecule has 0 saturated heterocycles. The Hall–Kier alpha value is -2.90. The van der Waals surface area contributed by atoms with E-state index in [1.165, 1.54) is 6.92 Å². The third-order valence-electron chi connectivity index (χ3n) is 3.15. The lowest BCUT2D eigenvalue weighted by Gasteiger charge is -2.16. The quantitative estimate of drug-likeness (QED) is 0.782. The lowest BCUT2D eigenvalue weighted by molar-refractivity contribution is -0.146. The van der Waals surface area contributed by atoms with Gasteiger partial charge in [-0.05, 0) is 31.2 Å². The molecule has 122 valence electrons. The molecule has 0 saturated carbocycles. The largest absolute Gasteiger partial charge is 0.497 e. The highest BCUT2D eigenvalue weighted by atomic mass is 16.5. The third kappa shape index (κ3) is 4.53. The summed E-state index contributed by atoms with van der Waals surface area (Å²) in [7, 11) is 1.55. The van der Waals surface area contributed by atoms with Crippen LogP contribution in [0.2, 0.25) is 0 Å². The maximum absolute atomic E-state index is 12.0. The van der Waals surface area contributed by atoms with Crippen LogP contribution in [0.5, 0.6) is 5.75 Å². The highest BCUT2D eigenvalue weighted by molar-refractivity contribution is 6.37. The van der Waals surface area contributed by atoms with E-state index in [9.17, 15) is 14.4 Å². The van der Waals surface area contributed by atoms with E-state index in [1.807, 2.05) is 0 Å². The smallest absolute Gasteiger partial charge is 0.355 e. The number of amides is 2. The molecule has 0 aliphatic carbocycles. The molecule has 0 fully saturated rings. The van der Waals surface area contributed by atoms with Crippen molar-refractivity contribution in [3.05, 3.63) is 24.3 Å². The molecule has 2 rings (SSSR count). The van der Waals surface area contributed by atoms with Gasteiger partial charge in [0, 0.05) is 18.5 Å². The Morgan fingerprint density at radius 3 is 2.52 bits per heavy atom. The second kappa shape index (κ2) is 7.39. The van der Waals surface area contributed by atoms with Gasteiger partial charge in [-0.25, -0.2) is 10.2 Å². The predicted octanol–water partition coefficient (Wildman–Crippen LogP) is 0.831. The molecule has 0 radical (unpaired) electrons. The Labute approximate surface area is 132 Å². The fourth-order valence-electron chi connectivity index (χ4n) is 1.82. The van der Waals surface area contributed by atoms with Crippen LogP contribution in [0.4, 0.5) is 5.69 Å². The number of nitrogens with zero attached hydrogens (tertiary/aromatic N) is 1. The van der Waals surface area contributed by atoms with Gasteiger partial charge in [-0.2, -0.15) is 5.10 Å². The van der Waals surface area contributed by atoms with E-state index in [4.69, 9.17) is 9.47 Å². The first-order valence-corrected chi connectivity index (χ1v) is 7.01. The highest BCUT2D eigenvalue weighted by Crippen LogP contribution is 2.15. The van der Waals surface area contributed by atoms with Gasteiger partial charge in [-0.3, -0.25) is 9.59 Å². The normalized spacial score (nSPS) is 15.0. The number of hydrazone groups is 1. The number of carbonyl (C=O) groups is 3. The lowest BCUT2D eigenvalue weighted by atomic mass is 10.2. The Kier molecular flexibility index (Phi) is 5.29. The minimum Gasteiger partial charge on any atom is -0.497 e. The van der Waals surface area contributed by atoms with Gasteiger partial charge in [0.05, 0.1) is 7.11 Å². The predicted molar refractivity (Wildman–Crippen MR) is 82.0 cm³/mol. The van der Waals surface area contributed by atoms with Gasteiger partial charge in [0.1, 0.15) is 11.5 Å². The summed E-state index contributed by atoms with van der Waals surface area (Å²) in [4.78, 5) is 34.8. The summed E-state index contributed by atoms with van der Waals surface area (Å²) in [6.45, 7) is 1.46. The summed E-state index contributed by atoms with van der Waals surface area (Å²) in [5.74, 6) is -0.780. The molecule has 1 heterocycles. The molecule has 1 atom stereocenters. The molecule has 8 nitrogen and oxygen atoms in total. The number of benzene rings is 1. The van der Waals surface area contributed by atoms with Crippen molar-refractivity contribution in [2.45, 2.75) is 25.9 Å².